The average molecular weight is 313 g/mol. The van der Waals surface area contributed by atoms with E-state index in [0.717, 1.165) is 30.7 Å². The molecule has 0 saturated heterocycles. The van der Waals surface area contributed by atoms with Crippen LogP contribution >= 0.6 is 0 Å². The minimum atomic E-state index is -0.847. The fraction of sp³-hybridized carbons (Fsp3) is 0.625. The van der Waals surface area contributed by atoms with E-state index in [9.17, 15) is 4.21 Å². The molecule has 1 aromatic rings. The molecule has 1 N–H and O–H groups in total. The topological polar surface area (TPSA) is 47.6 Å². The van der Waals surface area contributed by atoms with Crippen LogP contribution in [0, 0.1) is 0 Å². The second kappa shape index (κ2) is 10.8. The van der Waals surface area contributed by atoms with Crippen molar-refractivity contribution < 1.29 is 13.7 Å². The number of ether oxygens (including phenoxy) is 2. The Morgan fingerprint density at radius 3 is 2.81 bits per heavy atom. The van der Waals surface area contributed by atoms with Crippen LogP contribution in [0.3, 0.4) is 0 Å². The van der Waals surface area contributed by atoms with Crippen LogP contribution in [0.5, 0.6) is 5.75 Å². The summed E-state index contributed by atoms with van der Waals surface area (Å²) in [5, 5.41) is 3.48. The Hall–Kier alpha value is -0.910. The van der Waals surface area contributed by atoms with Gasteiger partial charge in [0, 0.05) is 42.1 Å². The van der Waals surface area contributed by atoms with E-state index in [1.165, 1.54) is 0 Å². The first kappa shape index (κ1) is 18.1. The van der Waals surface area contributed by atoms with Gasteiger partial charge in [0.05, 0.1) is 7.11 Å². The molecule has 0 heterocycles. The Morgan fingerprint density at radius 1 is 1.33 bits per heavy atom. The molecule has 4 nitrogen and oxygen atoms in total. The van der Waals surface area contributed by atoms with Gasteiger partial charge < -0.3 is 14.8 Å². The van der Waals surface area contributed by atoms with E-state index in [1.807, 2.05) is 18.2 Å². The van der Waals surface area contributed by atoms with Gasteiger partial charge in [-0.05, 0) is 37.1 Å². The third-order valence-corrected chi connectivity index (χ3v) is 4.66. The van der Waals surface area contributed by atoms with E-state index in [-0.39, 0.29) is 6.04 Å². The normalized spacial score (nSPS) is 13.9. The maximum Gasteiger partial charge on any atom is 0.119 e. The van der Waals surface area contributed by atoms with Crippen LogP contribution in [-0.4, -0.2) is 43.1 Å². The summed E-state index contributed by atoms with van der Waals surface area (Å²) in [5.74, 6) is 2.14. The van der Waals surface area contributed by atoms with Gasteiger partial charge in [0.1, 0.15) is 5.75 Å². The van der Waals surface area contributed by atoms with Crippen LogP contribution in [0.25, 0.3) is 0 Å². The maximum absolute atomic E-state index is 12.2. The van der Waals surface area contributed by atoms with Gasteiger partial charge in [-0.25, -0.2) is 0 Å². The largest absolute Gasteiger partial charge is 0.497 e. The van der Waals surface area contributed by atoms with Crippen molar-refractivity contribution in [1.82, 2.24) is 5.32 Å². The highest BCUT2D eigenvalue weighted by Crippen LogP contribution is 2.20. The standard InChI is InChI=1S/C16H27NO3S/c1-4-9-17-16(13-21(18)11-6-10-19-2)14-7-5-8-15(12-14)20-3/h5,7-8,12,16-17H,4,6,9-11,13H2,1-3H3. The quantitative estimate of drug-likeness (QED) is 0.638. The van der Waals surface area contributed by atoms with E-state index in [2.05, 4.69) is 18.3 Å². The smallest absolute Gasteiger partial charge is 0.119 e. The Labute approximate surface area is 130 Å². The molecule has 21 heavy (non-hydrogen) atoms. The van der Waals surface area contributed by atoms with E-state index in [1.54, 1.807) is 14.2 Å². The van der Waals surface area contributed by atoms with Gasteiger partial charge in [-0.2, -0.15) is 0 Å². The summed E-state index contributed by atoms with van der Waals surface area (Å²) < 4.78 is 22.5. The fourth-order valence-corrected chi connectivity index (χ4v) is 3.37. The Balaban J connectivity index is 2.67. The molecule has 2 unspecified atom stereocenters. The van der Waals surface area contributed by atoms with Crippen LogP contribution in [0.1, 0.15) is 31.4 Å². The fourth-order valence-electron chi connectivity index (χ4n) is 2.08. The molecule has 0 bridgehead atoms. The Kier molecular flexibility index (Phi) is 9.30. The molecule has 2 atom stereocenters. The summed E-state index contributed by atoms with van der Waals surface area (Å²) in [7, 11) is 2.49. The van der Waals surface area contributed by atoms with Crippen molar-refractivity contribution in [1.29, 1.82) is 0 Å². The van der Waals surface area contributed by atoms with Crippen LogP contribution < -0.4 is 10.1 Å². The number of methoxy groups -OCH3 is 2. The van der Waals surface area contributed by atoms with Gasteiger partial charge in [-0.15, -0.1) is 0 Å². The molecule has 0 radical (unpaired) electrons. The summed E-state index contributed by atoms with van der Waals surface area (Å²) in [5.41, 5.74) is 1.13. The third-order valence-electron chi connectivity index (χ3n) is 3.21. The van der Waals surface area contributed by atoms with Crippen molar-refractivity contribution in [2.75, 3.05) is 38.9 Å². The van der Waals surface area contributed by atoms with E-state index in [4.69, 9.17) is 9.47 Å². The molecule has 0 aliphatic heterocycles. The number of hydrogen-bond donors (Lipinski definition) is 1. The van der Waals surface area contributed by atoms with Crippen LogP contribution in [-0.2, 0) is 15.5 Å². The number of rotatable bonds is 11. The molecule has 120 valence electrons. The molecule has 0 fully saturated rings. The zero-order chi connectivity index (χ0) is 15.5. The SMILES string of the molecule is CCCNC(CS(=O)CCCOC)c1cccc(OC)c1. The second-order valence-electron chi connectivity index (χ2n) is 4.94. The molecule has 0 saturated carbocycles. The van der Waals surface area contributed by atoms with Crippen molar-refractivity contribution in [2.24, 2.45) is 0 Å². The van der Waals surface area contributed by atoms with E-state index in [0.29, 0.717) is 18.1 Å². The first-order chi connectivity index (χ1) is 10.2. The van der Waals surface area contributed by atoms with E-state index >= 15 is 0 Å². The maximum atomic E-state index is 12.2. The highest BCUT2D eigenvalue weighted by Gasteiger charge is 2.15. The van der Waals surface area contributed by atoms with Crippen LogP contribution in [0.4, 0.5) is 0 Å². The summed E-state index contributed by atoms with van der Waals surface area (Å²) in [6.45, 7) is 3.71. The van der Waals surface area contributed by atoms with Gasteiger partial charge in [-0.3, -0.25) is 4.21 Å². The zero-order valence-electron chi connectivity index (χ0n) is 13.3. The van der Waals surface area contributed by atoms with Crippen molar-refractivity contribution in [3.8, 4) is 5.75 Å². The predicted molar refractivity (Wildman–Crippen MR) is 88.4 cm³/mol. The average Bonchev–Trinajstić information content (AvgIpc) is 2.51. The molecule has 0 aromatic heterocycles. The van der Waals surface area contributed by atoms with Gasteiger partial charge in [0.15, 0.2) is 0 Å². The molecule has 1 rings (SSSR count). The molecule has 0 aliphatic carbocycles. The molecular weight excluding hydrogens is 286 g/mol. The first-order valence-corrected chi connectivity index (χ1v) is 8.91. The van der Waals surface area contributed by atoms with E-state index < -0.39 is 10.8 Å². The van der Waals surface area contributed by atoms with Crippen molar-refractivity contribution >= 4 is 10.8 Å². The Bertz CT molecular complexity index is 426. The lowest BCUT2D eigenvalue weighted by atomic mass is 10.1. The van der Waals surface area contributed by atoms with Gasteiger partial charge in [0.25, 0.3) is 0 Å². The van der Waals surface area contributed by atoms with Gasteiger partial charge in [0.2, 0.25) is 0 Å². The number of hydrogen-bond acceptors (Lipinski definition) is 4. The third kappa shape index (κ3) is 7.07. The lowest BCUT2D eigenvalue weighted by molar-refractivity contribution is 0.200. The van der Waals surface area contributed by atoms with Crippen molar-refractivity contribution in [3.05, 3.63) is 29.8 Å². The summed E-state index contributed by atoms with van der Waals surface area (Å²) in [6.07, 6.45) is 1.89. The minimum absolute atomic E-state index is 0.100. The molecule has 0 amide bonds. The summed E-state index contributed by atoms with van der Waals surface area (Å²) in [4.78, 5) is 0. The van der Waals surface area contributed by atoms with Crippen molar-refractivity contribution in [2.45, 2.75) is 25.8 Å². The molecule has 1 aromatic carbocycles. The molecule has 0 aliphatic rings. The number of benzene rings is 1. The lowest BCUT2D eigenvalue weighted by Gasteiger charge is -2.19. The zero-order valence-corrected chi connectivity index (χ0v) is 14.1. The summed E-state index contributed by atoms with van der Waals surface area (Å²) in [6, 6.07) is 8.07. The summed E-state index contributed by atoms with van der Waals surface area (Å²) >= 11 is 0. The monoisotopic (exact) mass is 313 g/mol. The second-order valence-corrected chi connectivity index (χ2v) is 6.56. The van der Waals surface area contributed by atoms with Crippen molar-refractivity contribution in [3.63, 3.8) is 0 Å². The lowest BCUT2D eigenvalue weighted by Crippen LogP contribution is -2.27. The highest BCUT2D eigenvalue weighted by atomic mass is 32.2. The first-order valence-electron chi connectivity index (χ1n) is 7.42. The predicted octanol–water partition coefficient (Wildman–Crippen LogP) is 2.52. The van der Waals surface area contributed by atoms with Gasteiger partial charge >= 0.3 is 0 Å². The molecule has 5 heteroatoms. The molecule has 0 spiro atoms. The van der Waals surface area contributed by atoms with Crippen LogP contribution in [0.2, 0.25) is 0 Å². The minimum Gasteiger partial charge on any atom is -0.497 e. The number of nitrogens with one attached hydrogen (secondary N) is 1. The van der Waals surface area contributed by atoms with Crippen LogP contribution in [0.15, 0.2) is 24.3 Å². The highest BCUT2D eigenvalue weighted by molar-refractivity contribution is 7.85. The van der Waals surface area contributed by atoms with Gasteiger partial charge in [-0.1, -0.05) is 19.1 Å². The Morgan fingerprint density at radius 2 is 2.14 bits per heavy atom. The molecular formula is C16H27NO3S.